The highest BCUT2D eigenvalue weighted by atomic mass is 15.0. The highest BCUT2D eigenvalue weighted by molar-refractivity contribution is 5.93. The molecular formula is C17H12N4. The minimum Gasteiger partial charge on any atom is -0.306 e. The summed E-state index contributed by atoms with van der Waals surface area (Å²) in [6.07, 6.45) is 7.07. The summed E-state index contributed by atoms with van der Waals surface area (Å²) in [4.78, 5) is 12.9. The molecule has 4 rings (SSSR count). The molecule has 0 N–H and O–H groups in total. The Morgan fingerprint density at radius 2 is 1.81 bits per heavy atom. The van der Waals surface area contributed by atoms with E-state index in [1.807, 2.05) is 35.0 Å². The van der Waals surface area contributed by atoms with Gasteiger partial charge in [-0.05, 0) is 18.2 Å². The fraction of sp³-hybridized carbons (Fsp3) is 0. The molecule has 0 aliphatic heterocycles. The monoisotopic (exact) mass is 272 g/mol. The third-order valence-corrected chi connectivity index (χ3v) is 3.47. The minimum absolute atomic E-state index is 0.926. The number of imidazole rings is 1. The molecule has 0 spiro atoms. The highest BCUT2D eigenvalue weighted by Gasteiger charge is 2.07. The number of fused-ring (bicyclic) bond motifs is 1. The Kier molecular flexibility index (Phi) is 2.71. The van der Waals surface area contributed by atoms with Crippen molar-refractivity contribution in [2.75, 3.05) is 0 Å². The number of hydrogen-bond donors (Lipinski definition) is 0. The molecule has 0 atom stereocenters. The summed E-state index contributed by atoms with van der Waals surface area (Å²) in [6, 6.07) is 16.3. The molecule has 2 heterocycles. The minimum atomic E-state index is 0.926. The molecule has 0 radical (unpaired) electrons. The zero-order chi connectivity index (χ0) is 14.1. The van der Waals surface area contributed by atoms with Gasteiger partial charge in [-0.2, -0.15) is 0 Å². The van der Waals surface area contributed by atoms with Gasteiger partial charge in [0, 0.05) is 29.0 Å². The Morgan fingerprint density at radius 3 is 2.62 bits per heavy atom. The Bertz CT molecular complexity index is 883. The van der Waals surface area contributed by atoms with Crippen molar-refractivity contribution < 1.29 is 0 Å². The zero-order valence-electron chi connectivity index (χ0n) is 11.2. The lowest BCUT2D eigenvalue weighted by Gasteiger charge is -2.07. The summed E-state index contributed by atoms with van der Waals surface area (Å²) in [5.74, 6) is 0. The van der Waals surface area contributed by atoms with E-state index >= 15 is 0 Å². The molecule has 0 unspecified atom stereocenters. The van der Waals surface area contributed by atoms with E-state index < -0.39 is 0 Å². The molecule has 0 aliphatic rings. The number of nitrogens with zero attached hydrogens (tertiary/aromatic N) is 4. The summed E-state index contributed by atoms with van der Waals surface area (Å²) in [7, 11) is 0. The normalized spacial score (nSPS) is 10.9. The molecule has 2 aromatic carbocycles. The molecule has 4 nitrogen and oxygen atoms in total. The van der Waals surface area contributed by atoms with Crippen molar-refractivity contribution in [2.24, 2.45) is 0 Å². The molecule has 0 saturated heterocycles. The Hall–Kier alpha value is -3.01. The van der Waals surface area contributed by atoms with Gasteiger partial charge in [-0.1, -0.05) is 30.3 Å². The van der Waals surface area contributed by atoms with Crippen LogP contribution >= 0.6 is 0 Å². The molecule has 100 valence electrons. The second-order valence-electron chi connectivity index (χ2n) is 4.76. The van der Waals surface area contributed by atoms with Crippen molar-refractivity contribution in [3.63, 3.8) is 0 Å². The molecular weight excluding hydrogens is 260 g/mol. The van der Waals surface area contributed by atoms with Crippen LogP contribution in [-0.2, 0) is 0 Å². The van der Waals surface area contributed by atoms with Crippen molar-refractivity contribution >= 4 is 10.9 Å². The van der Waals surface area contributed by atoms with E-state index in [9.17, 15) is 0 Å². The van der Waals surface area contributed by atoms with Crippen LogP contribution in [-0.4, -0.2) is 19.5 Å². The van der Waals surface area contributed by atoms with E-state index in [0.717, 1.165) is 27.8 Å². The van der Waals surface area contributed by atoms with Crippen LogP contribution in [0, 0.1) is 0 Å². The van der Waals surface area contributed by atoms with Crippen LogP contribution in [0.25, 0.3) is 27.8 Å². The van der Waals surface area contributed by atoms with Crippen LogP contribution in [0.2, 0.25) is 0 Å². The summed E-state index contributed by atoms with van der Waals surface area (Å²) in [5.41, 5.74) is 4.02. The smallest absolute Gasteiger partial charge is 0.116 e. The average molecular weight is 272 g/mol. The van der Waals surface area contributed by atoms with Gasteiger partial charge in [0.1, 0.15) is 6.33 Å². The van der Waals surface area contributed by atoms with E-state index in [1.165, 1.54) is 0 Å². The standard InChI is InChI=1S/C17H12N4/c1-2-4-13(5-3-1)17-15-7-6-14(21-9-8-18-12-21)10-16(15)19-11-20-17/h1-12H. The number of benzene rings is 2. The molecule has 4 aromatic rings. The van der Waals surface area contributed by atoms with Crippen LogP contribution in [0.3, 0.4) is 0 Å². The summed E-state index contributed by atoms with van der Waals surface area (Å²) in [6.45, 7) is 0. The van der Waals surface area contributed by atoms with Gasteiger partial charge in [0.25, 0.3) is 0 Å². The first kappa shape index (κ1) is 11.8. The number of hydrogen-bond acceptors (Lipinski definition) is 3. The van der Waals surface area contributed by atoms with Gasteiger partial charge in [-0.25, -0.2) is 15.0 Å². The molecule has 0 saturated carbocycles. The lowest BCUT2D eigenvalue weighted by Crippen LogP contribution is -1.93. The maximum absolute atomic E-state index is 4.44. The topological polar surface area (TPSA) is 43.6 Å². The molecule has 0 amide bonds. The first-order valence-corrected chi connectivity index (χ1v) is 6.70. The summed E-state index contributed by atoms with van der Waals surface area (Å²) in [5, 5.41) is 1.05. The van der Waals surface area contributed by atoms with E-state index in [4.69, 9.17) is 0 Å². The molecule has 21 heavy (non-hydrogen) atoms. The van der Waals surface area contributed by atoms with Crippen LogP contribution < -0.4 is 0 Å². The Labute approximate surface area is 121 Å². The molecule has 4 heteroatoms. The fourth-order valence-electron chi connectivity index (χ4n) is 2.44. The maximum Gasteiger partial charge on any atom is 0.116 e. The second-order valence-corrected chi connectivity index (χ2v) is 4.76. The predicted molar refractivity (Wildman–Crippen MR) is 82.1 cm³/mol. The van der Waals surface area contributed by atoms with Crippen LogP contribution in [0.1, 0.15) is 0 Å². The Morgan fingerprint density at radius 1 is 0.905 bits per heavy atom. The van der Waals surface area contributed by atoms with Crippen molar-refractivity contribution in [3.8, 4) is 16.9 Å². The first-order valence-electron chi connectivity index (χ1n) is 6.70. The van der Waals surface area contributed by atoms with Gasteiger partial charge in [0.15, 0.2) is 0 Å². The zero-order valence-corrected chi connectivity index (χ0v) is 11.2. The van der Waals surface area contributed by atoms with Crippen molar-refractivity contribution in [1.82, 2.24) is 19.5 Å². The lowest BCUT2D eigenvalue weighted by atomic mass is 10.1. The first-order chi connectivity index (χ1) is 10.4. The van der Waals surface area contributed by atoms with E-state index in [-0.39, 0.29) is 0 Å². The molecule has 0 fully saturated rings. The third kappa shape index (κ3) is 2.07. The average Bonchev–Trinajstić information content (AvgIpc) is 3.09. The largest absolute Gasteiger partial charge is 0.306 e. The van der Waals surface area contributed by atoms with E-state index in [2.05, 4.69) is 39.2 Å². The van der Waals surface area contributed by atoms with Gasteiger partial charge >= 0.3 is 0 Å². The van der Waals surface area contributed by atoms with Gasteiger partial charge in [-0.15, -0.1) is 0 Å². The van der Waals surface area contributed by atoms with Crippen LogP contribution in [0.5, 0.6) is 0 Å². The fourth-order valence-corrected chi connectivity index (χ4v) is 2.44. The van der Waals surface area contributed by atoms with Crippen molar-refractivity contribution in [1.29, 1.82) is 0 Å². The highest BCUT2D eigenvalue weighted by Crippen LogP contribution is 2.26. The van der Waals surface area contributed by atoms with Crippen LogP contribution in [0.15, 0.2) is 73.6 Å². The summed E-state index contributed by atoms with van der Waals surface area (Å²) < 4.78 is 1.96. The van der Waals surface area contributed by atoms with Gasteiger partial charge in [-0.3, -0.25) is 0 Å². The quantitative estimate of drug-likeness (QED) is 0.561. The van der Waals surface area contributed by atoms with Gasteiger partial charge < -0.3 is 4.57 Å². The predicted octanol–water partition coefficient (Wildman–Crippen LogP) is 3.48. The van der Waals surface area contributed by atoms with Crippen molar-refractivity contribution in [2.45, 2.75) is 0 Å². The van der Waals surface area contributed by atoms with E-state index in [1.54, 1.807) is 18.9 Å². The molecule has 0 aliphatic carbocycles. The Balaban J connectivity index is 1.92. The maximum atomic E-state index is 4.44. The number of rotatable bonds is 2. The molecule has 2 aromatic heterocycles. The van der Waals surface area contributed by atoms with E-state index in [0.29, 0.717) is 0 Å². The number of aromatic nitrogens is 4. The van der Waals surface area contributed by atoms with Crippen LogP contribution in [0.4, 0.5) is 0 Å². The summed E-state index contributed by atoms with van der Waals surface area (Å²) >= 11 is 0. The van der Waals surface area contributed by atoms with Gasteiger partial charge in [0.2, 0.25) is 0 Å². The lowest BCUT2D eigenvalue weighted by molar-refractivity contribution is 1.06. The molecule has 0 bridgehead atoms. The van der Waals surface area contributed by atoms with Gasteiger partial charge in [0.05, 0.1) is 17.5 Å². The third-order valence-electron chi connectivity index (χ3n) is 3.47. The van der Waals surface area contributed by atoms with Crippen molar-refractivity contribution in [3.05, 3.63) is 73.6 Å². The second kappa shape index (κ2) is 4.83. The SMILES string of the molecule is c1ccc(-c2ncnc3cc(-n4ccnc4)ccc23)cc1.